The minimum absolute atomic E-state index is 0.754. The zero-order chi connectivity index (χ0) is 13.8. The van der Waals surface area contributed by atoms with E-state index >= 15 is 0 Å². The lowest BCUT2D eigenvalue weighted by molar-refractivity contribution is 0.789. The molecule has 0 fully saturated rings. The van der Waals surface area contributed by atoms with Gasteiger partial charge < -0.3 is 5.32 Å². The average Bonchev–Trinajstić information content (AvgIpc) is 3.01. The van der Waals surface area contributed by atoms with Crippen molar-refractivity contribution in [3.63, 3.8) is 0 Å². The van der Waals surface area contributed by atoms with Gasteiger partial charge >= 0.3 is 0 Å². The molecule has 6 heteroatoms. The summed E-state index contributed by atoms with van der Waals surface area (Å²) < 4.78 is 1.62. The Kier molecular flexibility index (Phi) is 3.36. The first-order valence-electron chi connectivity index (χ1n) is 6.30. The Morgan fingerprint density at radius 1 is 1.15 bits per heavy atom. The molecule has 100 valence electrons. The predicted molar refractivity (Wildman–Crippen MR) is 75.5 cm³/mol. The molecule has 20 heavy (non-hydrogen) atoms. The Bertz CT molecular complexity index is 675. The Hall–Kier alpha value is -2.76. The standard InChI is InChI=1S/C14H14N6/c1-11-6-7-15-8-12(11)9-16-13-2-4-14(5-3-13)20-10-17-18-19-20/h2-8,10,16H,9H2,1H3. The van der Waals surface area contributed by atoms with Crippen LogP contribution in [-0.4, -0.2) is 25.2 Å². The first-order valence-corrected chi connectivity index (χ1v) is 6.30. The van der Waals surface area contributed by atoms with Crippen LogP contribution in [0.25, 0.3) is 5.69 Å². The third kappa shape index (κ3) is 2.64. The van der Waals surface area contributed by atoms with Gasteiger partial charge in [0.2, 0.25) is 0 Å². The molecule has 0 saturated heterocycles. The minimum Gasteiger partial charge on any atom is -0.381 e. The number of aromatic nitrogens is 5. The molecule has 0 aliphatic carbocycles. The predicted octanol–water partition coefficient (Wildman–Crippen LogP) is 1.98. The second kappa shape index (κ2) is 5.48. The highest BCUT2D eigenvalue weighted by Crippen LogP contribution is 2.14. The van der Waals surface area contributed by atoms with Crippen LogP contribution in [0.3, 0.4) is 0 Å². The minimum atomic E-state index is 0.754. The van der Waals surface area contributed by atoms with Crippen molar-refractivity contribution in [2.24, 2.45) is 0 Å². The summed E-state index contributed by atoms with van der Waals surface area (Å²) >= 11 is 0. The fraction of sp³-hybridized carbons (Fsp3) is 0.143. The molecule has 2 heterocycles. The summed E-state index contributed by atoms with van der Waals surface area (Å²) in [6, 6.07) is 9.95. The molecule has 0 amide bonds. The molecule has 3 aromatic rings. The molecule has 0 radical (unpaired) electrons. The van der Waals surface area contributed by atoms with Gasteiger partial charge in [0.15, 0.2) is 0 Å². The second-order valence-electron chi connectivity index (χ2n) is 4.46. The van der Waals surface area contributed by atoms with Crippen molar-refractivity contribution in [1.29, 1.82) is 0 Å². The molecule has 0 unspecified atom stereocenters. The van der Waals surface area contributed by atoms with E-state index in [1.807, 2.05) is 36.5 Å². The van der Waals surface area contributed by atoms with Crippen LogP contribution in [0.1, 0.15) is 11.1 Å². The maximum absolute atomic E-state index is 4.14. The van der Waals surface area contributed by atoms with E-state index in [0.717, 1.165) is 17.9 Å². The highest BCUT2D eigenvalue weighted by Gasteiger charge is 2.00. The van der Waals surface area contributed by atoms with Gasteiger partial charge in [-0.15, -0.1) is 5.10 Å². The zero-order valence-electron chi connectivity index (χ0n) is 11.1. The van der Waals surface area contributed by atoms with Crippen LogP contribution in [0.4, 0.5) is 5.69 Å². The van der Waals surface area contributed by atoms with Gasteiger partial charge in [0.1, 0.15) is 6.33 Å². The molecule has 6 nitrogen and oxygen atoms in total. The molecule has 3 rings (SSSR count). The van der Waals surface area contributed by atoms with Crippen molar-refractivity contribution in [3.8, 4) is 5.69 Å². The van der Waals surface area contributed by atoms with Crippen LogP contribution in [0, 0.1) is 6.92 Å². The number of anilines is 1. The average molecular weight is 266 g/mol. The first-order chi connectivity index (χ1) is 9.83. The first kappa shape index (κ1) is 12.3. The molecule has 0 atom stereocenters. The number of pyridine rings is 1. The number of benzene rings is 1. The lowest BCUT2D eigenvalue weighted by atomic mass is 10.1. The van der Waals surface area contributed by atoms with E-state index in [-0.39, 0.29) is 0 Å². The summed E-state index contributed by atoms with van der Waals surface area (Å²) in [6.07, 6.45) is 5.26. The zero-order valence-corrected chi connectivity index (χ0v) is 11.1. The normalized spacial score (nSPS) is 10.4. The van der Waals surface area contributed by atoms with Gasteiger partial charge in [-0.2, -0.15) is 0 Å². The van der Waals surface area contributed by atoms with E-state index < -0.39 is 0 Å². The van der Waals surface area contributed by atoms with Gasteiger partial charge in [-0.3, -0.25) is 4.98 Å². The number of hydrogen-bond acceptors (Lipinski definition) is 5. The van der Waals surface area contributed by atoms with Gasteiger partial charge in [-0.1, -0.05) is 0 Å². The number of tetrazole rings is 1. The Labute approximate surface area is 116 Å². The smallest absolute Gasteiger partial charge is 0.143 e. The SMILES string of the molecule is Cc1ccncc1CNc1ccc(-n2cnnn2)cc1. The lowest BCUT2D eigenvalue weighted by Gasteiger charge is -2.09. The number of nitrogens with one attached hydrogen (secondary N) is 1. The van der Waals surface area contributed by atoms with Crippen LogP contribution in [0.2, 0.25) is 0 Å². The van der Waals surface area contributed by atoms with Crippen LogP contribution in [-0.2, 0) is 6.54 Å². The van der Waals surface area contributed by atoms with E-state index in [1.165, 1.54) is 11.1 Å². The molecule has 0 bridgehead atoms. The van der Waals surface area contributed by atoms with E-state index in [0.29, 0.717) is 0 Å². The van der Waals surface area contributed by atoms with Gasteiger partial charge in [-0.05, 0) is 58.8 Å². The maximum atomic E-state index is 4.14. The van der Waals surface area contributed by atoms with Crippen LogP contribution in [0.15, 0.2) is 49.1 Å². The van der Waals surface area contributed by atoms with Crippen LogP contribution in [0.5, 0.6) is 0 Å². The fourth-order valence-electron chi connectivity index (χ4n) is 1.89. The van der Waals surface area contributed by atoms with Gasteiger partial charge in [-0.25, -0.2) is 4.68 Å². The quantitative estimate of drug-likeness (QED) is 0.782. The summed E-state index contributed by atoms with van der Waals surface area (Å²) in [6.45, 7) is 2.84. The van der Waals surface area contributed by atoms with E-state index in [1.54, 1.807) is 17.2 Å². The summed E-state index contributed by atoms with van der Waals surface area (Å²) in [5, 5.41) is 14.5. The largest absolute Gasteiger partial charge is 0.381 e. The van der Waals surface area contributed by atoms with Crippen molar-refractivity contribution in [2.75, 3.05) is 5.32 Å². The summed E-state index contributed by atoms with van der Waals surface area (Å²) in [7, 11) is 0. The summed E-state index contributed by atoms with van der Waals surface area (Å²) in [5.74, 6) is 0. The van der Waals surface area contributed by atoms with Crippen molar-refractivity contribution in [2.45, 2.75) is 13.5 Å². The van der Waals surface area contributed by atoms with E-state index in [2.05, 4.69) is 32.7 Å². The van der Waals surface area contributed by atoms with Crippen molar-refractivity contribution < 1.29 is 0 Å². The van der Waals surface area contributed by atoms with Crippen LogP contribution >= 0.6 is 0 Å². The monoisotopic (exact) mass is 266 g/mol. The Morgan fingerprint density at radius 2 is 2.00 bits per heavy atom. The van der Waals surface area contributed by atoms with Crippen molar-refractivity contribution in [3.05, 3.63) is 60.2 Å². The summed E-state index contributed by atoms with van der Waals surface area (Å²) in [5.41, 5.74) is 4.40. The molecule has 0 aliphatic heterocycles. The summed E-state index contributed by atoms with van der Waals surface area (Å²) in [4.78, 5) is 4.14. The molecular formula is C14H14N6. The van der Waals surface area contributed by atoms with Gasteiger partial charge in [0, 0.05) is 24.6 Å². The lowest BCUT2D eigenvalue weighted by Crippen LogP contribution is -2.02. The van der Waals surface area contributed by atoms with Gasteiger partial charge in [0.25, 0.3) is 0 Å². The van der Waals surface area contributed by atoms with Crippen molar-refractivity contribution >= 4 is 5.69 Å². The Morgan fingerprint density at radius 3 is 2.70 bits per heavy atom. The molecule has 1 N–H and O–H groups in total. The molecule has 2 aromatic heterocycles. The van der Waals surface area contributed by atoms with E-state index in [9.17, 15) is 0 Å². The third-order valence-electron chi connectivity index (χ3n) is 3.11. The molecule has 0 saturated carbocycles. The molecule has 0 aliphatic rings. The number of hydrogen-bond donors (Lipinski definition) is 1. The second-order valence-corrected chi connectivity index (χ2v) is 4.46. The van der Waals surface area contributed by atoms with Crippen LogP contribution < -0.4 is 5.32 Å². The van der Waals surface area contributed by atoms with Gasteiger partial charge in [0.05, 0.1) is 5.69 Å². The molecule has 0 spiro atoms. The topological polar surface area (TPSA) is 68.5 Å². The number of nitrogens with zero attached hydrogens (tertiary/aromatic N) is 5. The highest BCUT2D eigenvalue weighted by molar-refractivity contribution is 5.48. The fourth-order valence-corrected chi connectivity index (χ4v) is 1.89. The molecule has 1 aromatic carbocycles. The highest BCUT2D eigenvalue weighted by atomic mass is 15.5. The molecular weight excluding hydrogens is 252 g/mol. The number of rotatable bonds is 4. The van der Waals surface area contributed by atoms with Crippen molar-refractivity contribution in [1.82, 2.24) is 25.2 Å². The third-order valence-corrected chi connectivity index (χ3v) is 3.11. The Balaban J connectivity index is 1.68. The number of aryl methyl sites for hydroxylation is 1. The maximum Gasteiger partial charge on any atom is 0.143 e. The van der Waals surface area contributed by atoms with E-state index in [4.69, 9.17) is 0 Å².